The van der Waals surface area contributed by atoms with Crippen LogP contribution in [0.3, 0.4) is 0 Å². The number of rotatable bonds is 17. The molecule has 0 bridgehead atoms. The van der Waals surface area contributed by atoms with Crippen LogP contribution in [0.4, 0.5) is 4.79 Å². The number of nitrogens with zero attached hydrogens (tertiary/aromatic N) is 1. The van der Waals surface area contributed by atoms with Gasteiger partial charge in [-0.25, -0.2) is 10.2 Å². The first-order valence-electron chi connectivity index (χ1n) is 13.2. The predicted octanol–water partition coefficient (Wildman–Crippen LogP) is 4.03. The Morgan fingerprint density at radius 1 is 0.897 bits per heavy atom. The summed E-state index contributed by atoms with van der Waals surface area (Å²) in [6.45, 7) is 7.32. The van der Waals surface area contributed by atoms with Crippen LogP contribution in [0.25, 0.3) is 0 Å². The van der Waals surface area contributed by atoms with Crippen molar-refractivity contribution >= 4 is 12.4 Å². The Morgan fingerprint density at radius 3 is 2.05 bits per heavy atom. The molecule has 1 atom stereocenters. The van der Waals surface area contributed by atoms with Crippen molar-refractivity contribution in [2.75, 3.05) is 48.1 Å². The molecule has 0 aliphatic rings. The molecule has 0 spiro atoms. The normalized spacial score (nSPS) is 11.6. The maximum Gasteiger partial charge on any atom is 0.415 e. The fraction of sp³-hybridized carbons (Fsp3) is 0.517. The molecule has 0 heterocycles. The van der Waals surface area contributed by atoms with Crippen LogP contribution >= 0.6 is 0 Å². The standard InChI is InChI=1S/C29H43N3O7/c1-8-32(14-13-30-31-23(19-33)15-20(2)3)29(34)39-25-16-21(11-12-24(25)35-4)9-10-22-17-26(36-5)28(38-7)27(18-22)37-6/h11-12,16-20,23,30-31H,8-10,13-15H2,1-7H3. The molecule has 10 nitrogen and oxygen atoms in total. The van der Waals surface area contributed by atoms with E-state index in [0.29, 0.717) is 67.1 Å². The summed E-state index contributed by atoms with van der Waals surface area (Å²) in [4.78, 5) is 25.7. The summed E-state index contributed by atoms with van der Waals surface area (Å²) in [6, 6.07) is 9.13. The lowest BCUT2D eigenvalue weighted by atomic mass is 10.0. The number of hydrogen-bond acceptors (Lipinski definition) is 9. The molecule has 0 aliphatic carbocycles. The smallest absolute Gasteiger partial charge is 0.415 e. The molecule has 2 aromatic rings. The van der Waals surface area contributed by atoms with E-state index in [4.69, 9.17) is 23.7 Å². The third-order valence-corrected chi connectivity index (χ3v) is 6.18. The van der Waals surface area contributed by atoms with Crippen molar-refractivity contribution in [3.05, 3.63) is 41.5 Å². The maximum atomic E-state index is 12.9. The maximum absolute atomic E-state index is 12.9. The van der Waals surface area contributed by atoms with E-state index >= 15 is 0 Å². The SMILES string of the molecule is CCN(CCNNC(C=O)CC(C)C)C(=O)Oc1cc(CCc2cc(OC)c(OC)c(OC)c2)ccc1OC. The number of likely N-dealkylation sites (N-methyl/N-ethyl adjacent to an activating group) is 1. The molecule has 0 fully saturated rings. The molecular formula is C29H43N3O7. The van der Waals surface area contributed by atoms with Gasteiger partial charge in [-0.2, -0.15) is 0 Å². The number of aryl methyl sites for hydroxylation is 2. The minimum Gasteiger partial charge on any atom is -0.493 e. The van der Waals surface area contributed by atoms with Gasteiger partial charge in [0.15, 0.2) is 23.0 Å². The zero-order chi connectivity index (χ0) is 28.8. The first-order valence-corrected chi connectivity index (χ1v) is 13.2. The minimum absolute atomic E-state index is 0.279. The molecule has 216 valence electrons. The highest BCUT2D eigenvalue weighted by atomic mass is 16.6. The third-order valence-electron chi connectivity index (χ3n) is 6.18. The molecule has 2 aromatic carbocycles. The summed E-state index contributed by atoms with van der Waals surface area (Å²) in [6.07, 6.45) is 2.53. The Morgan fingerprint density at radius 2 is 1.51 bits per heavy atom. The van der Waals surface area contributed by atoms with Crippen molar-refractivity contribution in [1.29, 1.82) is 0 Å². The number of hydrazine groups is 1. The third kappa shape index (κ3) is 9.63. The molecule has 39 heavy (non-hydrogen) atoms. The van der Waals surface area contributed by atoms with Gasteiger partial charge in [0.2, 0.25) is 5.75 Å². The van der Waals surface area contributed by atoms with Gasteiger partial charge in [0, 0.05) is 19.6 Å². The molecule has 0 saturated heterocycles. The number of carbonyl (C=O) groups excluding carboxylic acids is 2. The predicted molar refractivity (Wildman–Crippen MR) is 150 cm³/mol. The van der Waals surface area contributed by atoms with Crippen molar-refractivity contribution in [2.24, 2.45) is 5.92 Å². The van der Waals surface area contributed by atoms with Crippen LogP contribution in [-0.4, -0.2) is 71.4 Å². The summed E-state index contributed by atoms with van der Waals surface area (Å²) in [7, 11) is 6.29. The summed E-state index contributed by atoms with van der Waals surface area (Å²) < 4.78 is 27.5. The fourth-order valence-corrected chi connectivity index (χ4v) is 4.11. The Hall–Kier alpha value is -3.50. The second-order valence-electron chi connectivity index (χ2n) is 9.41. The van der Waals surface area contributed by atoms with Crippen molar-refractivity contribution < 1.29 is 33.3 Å². The first-order chi connectivity index (χ1) is 18.8. The van der Waals surface area contributed by atoms with Crippen LogP contribution in [0.15, 0.2) is 30.3 Å². The van der Waals surface area contributed by atoms with Crippen molar-refractivity contribution in [3.63, 3.8) is 0 Å². The van der Waals surface area contributed by atoms with E-state index < -0.39 is 6.09 Å². The number of aldehydes is 1. The summed E-state index contributed by atoms with van der Waals surface area (Å²) in [5.74, 6) is 2.96. The highest BCUT2D eigenvalue weighted by Crippen LogP contribution is 2.38. The second kappa shape index (κ2) is 16.5. The Balaban J connectivity index is 2.03. The second-order valence-corrected chi connectivity index (χ2v) is 9.41. The molecule has 0 saturated carbocycles. The lowest BCUT2D eigenvalue weighted by molar-refractivity contribution is -0.110. The average molecular weight is 546 g/mol. The van der Waals surface area contributed by atoms with Gasteiger partial charge >= 0.3 is 6.09 Å². The largest absolute Gasteiger partial charge is 0.493 e. The van der Waals surface area contributed by atoms with Gasteiger partial charge in [-0.1, -0.05) is 19.9 Å². The van der Waals surface area contributed by atoms with Gasteiger partial charge in [-0.15, -0.1) is 0 Å². The van der Waals surface area contributed by atoms with Crippen LogP contribution in [0.1, 0.15) is 38.3 Å². The van der Waals surface area contributed by atoms with Crippen molar-refractivity contribution in [1.82, 2.24) is 15.8 Å². The number of ether oxygens (including phenoxy) is 5. The monoisotopic (exact) mass is 545 g/mol. The Kier molecular flexibility index (Phi) is 13.4. The zero-order valence-corrected chi connectivity index (χ0v) is 24.2. The number of amides is 1. The molecule has 0 aromatic heterocycles. The number of carbonyl (C=O) groups is 2. The van der Waals surface area contributed by atoms with Crippen LogP contribution in [0.2, 0.25) is 0 Å². The lowest BCUT2D eigenvalue weighted by Crippen LogP contribution is -2.46. The molecule has 1 unspecified atom stereocenters. The highest BCUT2D eigenvalue weighted by Gasteiger charge is 2.18. The fourth-order valence-electron chi connectivity index (χ4n) is 4.11. The number of nitrogens with one attached hydrogen (secondary N) is 2. The van der Waals surface area contributed by atoms with Crippen molar-refractivity contribution in [3.8, 4) is 28.7 Å². The quantitative estimate of drug-likeness (QED) is 0.173. The van der Waals surface area contributed by atoms with Gasteiger partial charge in [0.25, 0.3) is 0 Å². The molecule has 1 amide bonds. The van der Waals surface area contributed by atoms with Crippen LogP contribution in [-0.2, 0) is 17.6 Å². The Labute approximate surface area is 231 Å². The highest BCUT2D eigenvalue weighted by molar-refractivity contribution is 5.71. The topological polar surface area (TPSA) is 108 Å². The van der Waals surface area contributed by atoms with Crippen LogP contribution in [0.5, 0.6) is 28.7 Å². The molecular weight excluding hydrogens is 502 g/mol. The van der Waals surface area contributed by atoms with E-state index in [0.717, 1.165) is 23.8 Å². The van der Waals surface area contributed by atoms with Gasteiger partial charge < -0.3 is 33.4 Å². The Bertz CT molecular complexity index is 1040. The molecule has 0 radical (unpaired) electrons. The molecule has 2 rings (SSSR count). The van der Waals surface area contributed by atoms with Crippen LogP contribution < -0.4 is 34.5 Å². The van der Waals surface area contributed by atoms with Crippen LogP contribution in [0, 0.1) is 5.92 Å². The van der Waals surface area contributed by atoms with Crippen molar-refractivity contribution in [2.45, 2.75) is 46.1 Å². The van der Waals surface area contributed by atoms with E-state index in [-0.39, 0.29) is 6.04 Å². The summed E-state index contributed by atoms with van der Waals surface area (Å²) in [5.41, 5.74) is 8.03. The molecule has 10 heteroatoms. The minimum atomic E-state index is -0.478. The summed E-state index contributed by atoms with van der Waals surface area (Å²) >= 11 is 0. The van der Waals surface area contributed by atoms with Gasteiger partial charge in [0.05, 0.1) is 34.5 Å². The van der Waals surface area contributed by atoms with Gasteiger partial charge in [-0.3, -0.25) is 5.43 Å². The first kappa shape index (κ1) is 31.7. The van der Waals surface area contributed by atoms with E-state index in [9.17, 15) is 9.59 Å². The number of hydrogen-bond donors (Lipinski definition) is 2. The van der Waals surface area contributed by atoms with Gasteiger partial charge in [0.1, 0.15) is 6.29 Å². The number of methoxy groups -OCH3 is 4. The average Bonchev–Trinajstić information content (AvgIpc) is 2.94. The summed E-state index contributed by atoms with van der Waals surface area (Å²) in [5, 5.41) is 0. The van der Waals surface area contributed by atoms with E-state index in [1.165, 1.54) is 7.11 Å². The molecule has 0 aliphatic heterocycles. The van der Waals surface area contributed by atoms with Gasteiger partial charge in [-0.05, 0) is 67.5 Å². The van der Waals surface area contributed by atoms with E-state index in [2.05, 4.69) is 24.7 Å². The molecule has 2 N–H and O–H groups in total. The van der Waals surface area contributed by atoms with E-state index in [1.807, 2.05) is 31.2 Å². The van der Waals surface area contributed by atoms with E-state index in [1.54, 1.807) is 32.3 Å². The number of benzene rings is 2. The lowest BCUT2D eigenvalue weighted by Gasteiger charge is -2.22. The zero-order valence-electron chi connectivity index (χ0n) is 24.2.